The van der Waals surface area contributed by atoms with Crippen molar-refractivity contribution < 1.29 is 9.21 Å². The molecule has 24 heavy (non-hydrogen) atoms. The van der Waals surface area contributed by atoms with E-state index in [0.29, 0.717) is 24.1 Å². The highest BCUT2D eigenvalue weighted by Gasteiger charge is 2.11. The summed E-state index contributed by atoms with van der Waals surface area (Å²) >= 11 is 0. The van der Waals surface area contributed by atoms with E-state index in [2.05, 4.69) is 10.4 Å². The van der Waals surface area contributed by atoms with Crippen LogP contribution in [-0.2, 0) is 6.54 Å². The molecule has 7 nitrogen and oxygen atoms in total. The lowest BCUT2D eigenvalue weighted by Gasteiger charge is -2.06. The topological polar surface area (TPSA) is 81.5 Å². The molecule has 1 amide bonds. The van der Waals surface area contributed by atoms with Crippen LogP contribution in [-0.4, -0.2) is 26.6 Å². The van der Waals surface area contributed by atoms with Gasteiger partial charge >= 0.3 is 0 Å². The molecule has 0 spiro atoms. The highest BCUT2D eigenvalue weighted by molar-refractivity contribution is 5.93. The average molecular weight is 322 g/mol. The van der Waals surface area contributed by atoms with Crippen molar-refractivity contribution in [3.8, 4) is 0 Å². The number of hydrogen-bond donors (Lipinski definition) is 1. The van der Waals surface area contributed by atoms with Gasteiger partial charge in [-0.05, 0) is 12.1 Å². The first-order valence-corrected chi connectivity index (χ1v) is 7.52. The molecule has 4 aromatic rings. The van der Waals surface area contributed by atoms with E-state index in [1.54, 1.807) is 35.0 Å². The van der Waals surface area contributed by atoms with Crippen molar-refractivity contribution >= 4 is 22.5 Å². The molecule has 1 N–H and O–H groups in total. The van der Waals surface area contributed by atoms with E-state index in [1.807, 2.05) is 23.0 Å². The molecule has 0 aliphatic carbocycles. The Morgan fingerprint density at radius 2 is 2.08 bits per heavy atom. The minimum absolute atomic E-state index is 0.0145. The number of fused-ring (bicyclic) bond motifs is 2. The Morgan fingerprint density at radius 1 is 1.21 bits per heavy atom. The van der Waals surface area contributed by atoms with E-state index in [-0.39, 0.29) is 11.2 Å². The van der Waals surface area contributed by atoms with Crippen LogP contribution < -0.4 is 10.7 Å². The number of carbonyl (C=O) groups excluding carboxylic acids is 1. The van der Waals surface area contributed by atoms with Gasteiger partial charge in [-0.15, -0.1) is 0 Å². The van der Waals surface area contributed by atoms with Gasteiger partial charge in [-0.2, -0.15) is 5.10 Å². The van der Waals surface area contributed by atoms with Gasteiger partial charge in [0.2, 0.25) is 0 Å². The fraction of sp³-hybridized carbons (Fsp3) is 0.118. The fourth-order valence-electron chi connectivity index (χ4n) is 2.65. The lowest BCUT2D eigenvalue weighted by atomic mass is 10.2. The molecule has 0 atom stereocenters. The molecule has 0 bridgehead atoms. The maximum absolute atomic E-state index is 12.2. The van der Waals surface area contributed by atoms with Gasteiger partial charge in [0.1, 0.15) is 11.2 Å². The van der Waals surface area contributed by atoms with Gasteiger partial charge in [0.25, 0.3) is 5.91 Å². The Balaban J connectivity index is 1.48. The van der Waals surface area contributed by atoms with Crippen LogP contribution in [0.2, 0.25) is 0 Å². The highest BCUT2D eigenvalue weighted by atomic mass is 16.3. The highest BCUT2D eigenvalue weighted by Crippen LogP contribution is 2.11. The first-order valence-electron chi connectivity index (χ1n) is 7.52. The number of imidazole rings is 1. The van der Waals surface area contributed by atoms with Crippen LogP contribution in [0.15, 0.2) is 64.2 Å². The fourth-order valence-corrected chi connectivity index (χ4v) is 2.65. The van der Waals surface area contributed by atoms with E-state index in [4.69, 9.17) is 4.42 Å². The smallest absolute Gasteiger partial charge is 0.287 e. The largest absolute Gasteiger partial charge is 0.451 e. The molecular formula is C17H14N4O3. The van der Waals surface area contributed by atoms with Crippen LogP contribution in [0.5, 0.6) is 0 Å². The maximum atomic E-state index is 12.2. The summed E-state index contributed by atoms with van der Waals surface area (Å²) in [7, 11) is 0. The maximum Gasteiger partial charge on any atom is 0.287 e. The van der Waals surface area contributed by atoms with Gasteiger partial charge < -0.3 is 14.3 Å². The summed E-state index contributed by atoms with van der Waals surface area (Å²) in [6.07, 6.45) is 5.46. The molecule has 0 unspecified atom stereocenters. The van der Waals surface area contributed by atoms with Gasteiger partial charge in [0, 0.05) is 37.6 Å². The zero-order valence-electron chi connectivity index (χ0n) is 12.7. The van der Waals surface area contributed by atoms with E-state index >= 15 is 0 Å². The van der Waals surface area contributed by atoms with E-state index in [0.717, 1.165) is 5.65 Å². The molecule has 3 aromatic heterocycles. The van der Waals surface area contributed by atoms with E-state index in [9.17, 15) is 9.59 Å². The first-order chi connectivity index (χ1) is 11.7. The number of para-hydroxylation sites is 1. The number of aromatic nitrogens is 3. The molecular weight excluding hydrogens is 308 g/mol. The zero-order valence-corrected chi connectivity index (χ0v) is 12.7. The number of nitrogens with zero attached hydrogens (tertiary/aromatic N) is 3. The Morgan fingerprint density at radius 3 is 3.00 bits per heavy atom. The quantitative estimate of drug-likeness (QED) is 0.620. The Hall–Kier alpha value is -3.35. The number of amides is 1. The monoisotopic (exact) mass is 322 g/mol. The molecule has 1 aromatic carbocycles. The molecule has 0 aliphatic rings. The third-order valence-corrected chi connectivity index (χ3v) is 3.83. The second-order valence-electron chi connectivity index (χ2n) is 5.35. The lowest BCUT2D eigenvalue weighted by molar-refractivity contribution is 0.0925. The van der Waals surface area contributed by atoms with Crippen molar-refractivity contribution in [2.75, 3.05) is 6.54 Å². The molecule has 4 rings (SSSR count). The number of rotatable bonds is 4. The van der Waals surface area contributed by atoms with Crippen LogP contribution in [0.3, 0.4) is 0 Å². The SMILES string of the molecule is O=C(NCCn1ccn2nccc12)c1cc(=O)c2ccccc2o1. The summed E-state index contributed by atoms with van der Waals surface area (Å²) in [5.74, 6) is -0.393. The van der Waals surface area contributed by atoms with Crippen molar-refractivity contribution in [1.29, 1.82) is 0 Å². The molecule has 7 heteroatoms. The van der Waals surface area contributed by atoms with Gasteiger partial charge in [0.05, 0.1) is 11.6 Å². The third kappa shape index (κ3) is 2.45. The Kier molecular flexibility index (Phi) is 3.38. The molecule has 0 saturated heterocycles. The van der Waals surface area contributed by atoms with E-state index in [1.165, 1.54) is 6.07 Å². The second-order valence-corrected chi connectivity index (χ2v) is 5.35. The molecule has 3 heterocycles. The summed E-state index contributed by atoms with van der Waals surface area (Å²) in [6.45, 7) is 0.997. The molecule has 0 fully saturated rings. The number of carbonyl (C=O) groups is 1. The van der Waals surface area contributed by atoms with E-state index < -0.39 is 5.91 Å². The Bertz CT molecular complexity index is 1090. The van der Waals surface area contributed by atoms with Gasteiger partial charge in [-0.1, -0.05) is 12.1 Å². The molecule has 0 radical (unpaired) electrons. The van der Waals surface area contributed by atoms with Crippen molar-refractivity contribution in [3.05, 3.63) is 71.0 Å². The number of benzene rings is 1. The van der Waals surface area contributed by atoms with Crippen molar-refractivity contribution in [1.82, 2.24) is 19.5 Å². The van der Waals surface area contributed by atoms with Crippen LogP contribution in [0.25, 0.3) is 16.6 Å². The first kappa shape index (κ1) is 14.3. The summed E-state index contributed by atoms with van der Waals surface area (Å²) in [5.41, 5.74) is 1.12. The predicted octanol–water partition coefficient (Wildman–Crippen LogP) is 1.67. The number of nitrogens with one attached hydrogen (secondary N) is 1. The summed E-state index contributed by atoms with van der Waals surface area (Å²) in [4.78, 5) is 24.2. The second kappa shape index (κ2) is 5.69. The molecule has 0 saturated carbocycles. The minimum atomic E-state index is -0.408. The Labute approximate surface area is 136 Å². The van der Waals surface area contributed by atoms with Crippen molar-refractivity contribution in [2.45, 2.75) is 6.54 Å². The van der Waals surface area contributed by atoms with Crippen LogP contribution >= 0.6 is 0 Å². The molecule has 120 valence electrons. The van der Waals surface area contributed by atoms with Crippen molar-refractivity contribution in [3.63, 3.8) is 0 Å². The lowest BCUT2D eigenvalue weighted by Crippen LogP contribution is -2.27. The summed E-state index contributed by atoms with van der Waals surface area (Å²) in [6, 6.07) is 9.98. The van der Waals surface area contributed by atoms with Crippen LogP contribution in [0.1, 0.15) is 10.6 Å². The minimum Gasteiger partial charge on any atom is -0.451 e. The van der Waals surface area contributed by atoms with Crippen LogP contribution in [0, 0.1) is 0 Å². The molecule has 0 aliphatic heterocycles. The number of hydrogen-bond acceptors (Lipinski definition) is 4. The summed E-state index contributed by atoms with van der Waals surface area (Å²) < 4.78 is 9.25. The third-order valence-electron chi connectivity index (χ3n) is 3.83. The predicted molar refractivity (Wildman–Crippen MR) is 88.0 cm³/mol. The van der Waals surface area contributed by atoms with Crippen molar-refractivity contribution in [2.24, 2.45) is 0 Å². The van der Waals surface area contributed by atoms with Gasteiger partial charge in [-0.25, -0.2) is 4.52 Å². The van der Waals surface area contributed by atoms with Gasteiger partial charge in [-0.3, -0.25) is 9.59 Å². The average Bonchev–Trinajstić information content (AvgIpc) is 3.19. The standard InChI is InChI=1S/C17H14N4O3/c22-13-11-15(24-14-4-2-1-3-12(13)14)17(23)18-7-8-20-9-10-21-16(20)5-6-19-21/h1-6,9-11H,7-8H2,(H,18,23). The van der Waals surface area contributed by atoms with Crippen LogP contribution in [0.4, 0.5) is 0 Å². The normalized spacial score (nSPS) is 11.2. The zero-order chi connectivity index (χ0) is 16.5. The van der Waals surface area contributed by atoms with Gasteiger partial charge in [0.15, 0.2) is 11.2 Å². The summed E-state index contributed by atoms with van der Waals surface area (Å²) in [5, 5.41) is 7.35.